The third kappa shape index (κ3) is 3.85. The van der Waals surface area contributed by atoms with Gasteiger partial charge in [0.1, 0.15) is 18.0 Å². The van der Waals surface area contributed by atoms with E-state index in [-0.39, 0.29) is 17.3 Å². The molecule has 1 amide bonds. The second kappa shape index (κ2) is 7.22. The fourth-order valence-electron chi connectivity index (χ4n) is 1.78. The lowest BCUT2D eigenvalue weighted by molar-refractivity contribution is -0.385. The number of phenols is 1. The minimum atomic E-state index is -0.829. The molecule has 10 heteroatoms. The van der Waals surface area contributed by atoms with Crippen LogP contribution < -0.4 is 10.2 Å². The summed E-state index contributed by atoms with van der Waals surface area (Å²) in [7, 11) is 1.26. The number of methoxy groups -OCH3 is 1. The Morgan fingerprint density at radius 2 is 2.17 bits per heavy atom. The molecule has 2 N–H and O–H groups in total. The second-order valence-corrected chi connectivity index (χ2v) is 4.76. The highest BCUT2D eigenvalue weighted by molar-refractivity contribution is 5.84. The maximum atomic E-state index is 12.0. The largest absolute Gasteiger partial charge is 0.508 e. The monoisotopic (exact) mass is 333 g/mol. The van der Waals surface area contributed by atoms with Crippen molar-refractivity contribution in [2.24, 2.45) is 5.10 Å². The number of carbonyl (C=O) groups is 1. The summed E-state index contributed by atoms with van der Waals surface area (Å²) in [6.07, 6.45) is 2.52. The van der Waals surface area contributed by atoms with Crippen molar-refractivity contribution in [3.63, 3.8) is 0 Å². The van der Waals surface area contributed by atoms with E-state index in [2.05, 4.69) is 15.6 Å². The number of amides is 1. The number of aromatic hydroxyl groups is 1. The number of hydrogen-bond donors (Lipinski definition) is 2. The van der Waals surface area contributed by atoms with Crippen molar-refractivity contribution in [2.45, 2.75) is 13.0 Å². The zero-order valence-electron chi connectivity index (χ0n) is 12.9. The van der Waals surface area contributed by atoms with E-state index in [1.807, 2.05) is 0 Å². The summed E-state index contributed by atoms with van der Waals surface area (Å²) in [6, 6.07) is 5.39. The van der Waals surface area contributed by atoms with E-state index < -0.39 is 16.9 Å². The highest BCUT2D eigenvalue weighted by Gasteiger charge is 2.25. The summed E-state index contributed by atoms with van der Waals surface area (Å²) in [5, 5.41) is 27.7. The highest BCUT2D eigenvalue weighted by Crippen LogP contribution is 2.25. The quantitative estimate of drug-likeness (QED) is 0.464. The van der Waals surface area contributed by atoms with Gasteiger partial charge in [0.2, 0.25) is 0 Å². The van der Waals surface area contributed by atoms with Crippen LogP contribution in [0.5, 0.6) is 11.6 Å². The molecule has 1 aromatic heterocycles. The Balaban J connectivity index is 2.04. The molecule has 1 heterocycles. The Hall–Kier alpha value is -3.43. The number of nitrogens with one attached hydrogen (secondary N) is 1. The molecule has 0 aliphatic heterocycles. The molecule has 0 radical (unpaired) electrons. The van der Waals surface area contributed by atoms with Gasteiger partial charge in [-0.2, -0.15) is 5.10 Å². The van der Waals surface area contributed by atoms with E-state index in [9.17, 15) is 20.0 Å². The van der Waals surface area contributed by atoms with Gasteiger partial charge in [-0.3, -0.25) is 14.9 Å². The van der Waals surface area contributed by atoms with Crippen molar-refractivity contribution in [1.29, 1.82) is 0 Å². The number of nitro groups is 1. The number of aromatic nitrogens is 2. The van der Waals surface area contributed by atoms with Gasteiger partial charge in [0.15, 0.2) is 0 Å². The minimum absolute atomic E-state index is 0.124. The molecule has 1 aromatic carbocycles. The average Bonchev–Trinajstić information content (AvgIpc) is 3.00. The molecule has 2 aromatic rings. The summed E-state index contributed by atoms with van der Waals surface area (Å²) in [4.78, 5) is 22.3. The normalized spacial score (nSPS) is 12.1. The maximum Gasteiger partial charge on any atom is 0.350 e. The zero-order valence-corrected chi connectivity index (χ0v) is 12.9. The summed E-state index contributed by atoms with van der Waals surface area (Å²) in [6.45, 7) is 1.52. The molecule has 0 saturated carbocycles. The molecule has 0 aliphatic rings. The number of carbonyl (C=O) groups excluding carboxylic acids is 1. The molecule has 24 heavy (non-hydrogen) atoms. The van der Waals surface area contributed by atoms with Gasteiger partial charge in [0.05, 0.1) is 18.2 Å². The van der Waals surface area contributed by atoms with Crippen molar-refractivity contribution in [3.05, 3.63) is 46.1 Å². The second-order valence-electron chi connectivity index (χ2n) is 4.76. The molecular weight excluding hydrogens is 318 g/mol. The predicted molar refractivity (Wildman–Crippen MR) is 84.0 cm³/mol. The van der Waals surface area contributed by atoms with Gasteiger partial charge in [0.25, 0.3) is 5.91 Å². The molecule has 1 atom stereocenters. The lowest BCUT2D eigenvalue weighted by Gasteiger charge is -2.09. The Bertz CT molecular complexity index is 768. The number of benzene rings is 1. The fourth-order valence-corrected chi connectivity index (χ4v) is 1.78. The van der Waals surface area contributed by atoms with Gasteiger partial charge in [-0.05, 0) is 36.8 Å². The third-order valence-electron chi connectivity index (χ3n) is 3.13. The number of ether oxygens (including phenoxy) is 1. The summed E-state index contributed by atoms with van der Waals surface area (Å²) < 4.78 is 5.94. The summed E-state index contributed by atoms with van der Waals surface area (Å²) >= 11 is 0. The van der Waals surface area contributed by atoms with Crippen molar-refractivity contribution < 1.29 is 19.6 Å². The van der Waals surface area contributed by atoms with Crippen LogP contribution in [0, 0.1) is 10.1 Å². The number of hydrogen-bond acceptors (Lipinski definition) is 7. The van der Waals surface area contributed by atoms with Crippen LogP contribution in [0.15, 0.2) is 35.6 Å². The van der Waals surface area contributed by atoms with E-state index >= 15 is 0 Å². The first-order chi connectivity index (χ1) is 11.4. The zero-order chi connectivity index (χ0) is 17.7. The SMILES string of the molecule is COc1nn([C@@H](C)C(=O)N/N=C\c2ccc(O)cc2)cc1[N+](=O)[O-]. The summed E-state index contributed by atoms with van der Waals surface area (Å²) in [5.74, 6) is -0.559. The van der Waals surface area contributed by atoms with Crippen LogP contribution in [0.25, 0.3) is 0 Å². The topological polar surface area (TPSA) is 132 Å². The van der Waals surface area contributed by atoms with Gasteiger partial charge in [-0.25, -0.2) is 10.1 Å². The van der Waals surface area contributed by atoms with E-state index in [4.69, 9.17) is 4.74 Å². The molecule has 0 spiro atoms. The lowest BCUT2D eigenvalue weighted by atomic mass is 10.2. The van der Waals surface area contributed by atoms with Crippen LogP contribution >= 0.6 is 0 Å². The van der Waals surface area contributed by atoms with Crippen molar-refractivity contribution in [1.82, 2.24) is 15.2 Å². The van der Waals surface area contributed by atoms with Gasteiger partial charge < -0.3 is 9.84 Å². The molecule has 0 bridgehead atoms. The minimum Gasteiger partial charge on any atom is -0.508 e. The van der Waals surface area contributed by atoms with Crippen molar-refractivity contribution >= 4 is 17.8 Å². The van der Waals surface area contributed by atoms with Crippen LogP contribution in [-0.4, -0.2) is 39.0 Å². The summed E-state index contributed by atoms with van der Waals surface area (Å²) in [5.41, 5.74) is 2.67. The number of hydrazone groups is 1. The predicted octanol–water partition coefficient (Wildman–Crippen LogP) is 1.22. The molecule has 0 saturated heterocycles. The van der Waals surface area contributed by atoms with Gasteiger partial charge in [-0.15, -0.1) is 5.10 Å². The Kier molecular flexibility index (Phi) is 5.09. The Labute approximate surface area is 136 Å². The smallest absolute Gasteiger partial charge is 0.350 e. The van der Waals surface area contributed by atoms with Crippen molar-refractivity contribution in [2.75, 3.05) is 7.11 Å². The standard InChI is InChI=1S/C14H15N5O5/c1-9(18-8-12(19(22)23)14(17-18)24-2)13(21)16-15-7-10-3-5-11(20)6-4-10/h3-9,20H,1-2H3,(H,16,21)/b15-7-/t9-/m0/s1. The molecule has 0 aliphatic carbocycles. The molecular formula is C14H15N5O5. The van der Waals surface area contributed by atoms with E-state index in [1.165, 1.54) is 32.4 Å². The van der Waals surface area contributed by atoms with Crippen LogP contribution in [0.4, 0.5) is 5.69 Å². The first-order valence-corrected chi connectivity index (χ1v) is 6.82. The third-order valence-corrected chi connectivity index (χ3v) is 3.13. The van der Waals surface area contributed by atoms with Crippen molar-refractivity contribution in [3.8, 4) is 11.6 Å². The first kappa shape index (κ1) is 16.9. The molecule has 2 rings (SSSR count). The van der Waals surface area contributed by atoms with Crippen LogP contribution in [-0.2, 0) is 4.79 Å². The molecule has 0 unspecified atom stereocenters. The number of nitrogens with zero attached hydrogens (tertiary/aromatic N) is 4. The van der Waals surface area contributed by atoms with Gasteiger partial charge >= 0.3 is 11.6 Å². The van der Waals surface area contributed by atoms with Crippen LogP contribution in [0.3, 0.4) is 0 Å². The lowest BCUT2D eigenvalue weighted by Crippen LogP contribution is -2.27. The highest BCUT2D eigenvalue weighted by atomic mass is 16.6. The number of rotatable bonds is 6. The Morgan fingerprint density at radius 1 is 1.50 bits per heavy atom. The molecule has 126 valence electrons. The average molecular weight is 333 g/mol. The Morgan fingerprint density at radius 3 is 2.71 bits per heavy atom. The number of phenolic OH excluding ortho intramolecular Hbond substituents is 1. The van der Waals surface area contributed by atoms with Gasteiger partial charge in [-0.1, -0.05) is 0 Å². The maximum absolute atomic E-state index is 12.0. The molecule has 10 nitrogen and oxygen atoms in total. The van der Waals surface area contributed by atoms with Gasteiger partial charge in [0, 0.05) is 0 Å². The van der Waals surface area contributed by atoms with E-state index in [0.29, 0.717) is 5.56 Å². The molecule has 0 fully saturated rings. The van der Waals surface area contributed by atoms with E-state index in [1.54, 1.807) is 12.1 Å². The van der Waals surface area contributed by atoms with Crippen LogP contribution in [0.1, 0.15) is 18.5 Å². The van der Waals surface area contributed by atoms with E-state index in [0.717, 1.165) is 10.9 Å². The first-order valence-electron chi connectivity index (χ1n) is 6.82. The fraction of sp³-hybridized carbons (Fsp3) is 0.214. The van der Waals surface area contributed by atoms with Crippen LogP contribution in [0.2, 0.25) is 0 Å².